The highest BCUT2D eigenvalue weighted by Crippen LogP contribution is 2.36. The fourth-order valence-electron chi connectivity index (χ4n) is 1.77. The molecule has 0 atom stereocenters. The number of hydrogen-bond acceptors (Lipinski definition) is 4. The number of carbonyl (C=O) groups excluding carboxylic acids is 1. The summed E-state index contributed by atoms with van der Waals surface area (Å²) in [4.78, 5) is 12.5. The SMILES string of the molecule is CC(C)(C)N1C(=O)C=C(c2cccs2)S1(=O)=O. The minimum Gasteiger partial charge on any atom is -0.269 e. The number of hydrogen-bond donors (Lipinski definition) is 0. The predicted octanol–water partition coefficient (Wildman–Crippen LogP) is 2.06. The van der Waals surface area contributed by atoms with Gasteiger partial charge in [-0.25, -0.2) is 12.7 Å². The van der Waals surface area contributed by atoms with Crippen LogP contribution in [-0.4, -0.2) is 24.2 Å². The van der Waals surface area contributed by atoms with Gasteiger partial charge in [0.05, 0.1) is 5.54 Å². The van der Waals surface area contributed by atoms with E-state index < -0.39 is 21.5 Å². The van der Waals surface area contributed by atoms with Crippen molar-refractivity contribution >= 4 is 32.2 Å². The van der Waals surface area contributed by atoms with E-state index in [4.69, 9.17) is 0 Å². The molecule has 1 aliphatic rings. The molecular formula is C11H13NO3S2. The predicted molar refractivity (Wildman–Crippen MR) is 67.8 cm³/mol. The van der Waals surface area contributed by atoms with Gasteiger partial charge in [0.1, 0.15) is 4.91 Å². The highest BCUT2D eigenvalue weighted by Gasteiger charge is 2.44. The molecule has 17 heavy (non-hydrogen) atoms. The summed E-state index contributed by atoms with van der Waals surface area (Å²) in [5, 5.41) is 1.79. The van der Waals surface area contributed by atoms with Crippen LogP contribution in [0, 0.1) is 0 Å². The third-order valence-electron chi connectivity index (χ3n) is 2.35. The summed E-state index contributed by atoms with van der Waals surface area (Å²) in [6.45, 7) is 5.11. The van der Waals surface area contributed by atoms with E-state index in [1.54, 1.807) is 38.3 Å². The molecule has 2 rings (SSSR count). The number of thiophene rings is 1. The molecule has 0 radical (unpaired) electrons. The normalized spacial score (nSPS) is 19.6. The van der Waals surface area contributed by atoms with Crippen molar-refractivity contribution in [2.24, 2.45) is 0 Å². The van der Waals surface area contributed by atoms with Crippen LogP contribution in [0.2, 0.25) is 0 Å². The third kappa shape index (κ3) is 1.91. The maximum atomic E-state index is 12.3. The Bertz CT molecular complexity index is 577. The molecule has 92 valence electrons. The molecule has 1 aromatic rings. The number of carbonyl (C=O) groups is 1. The smallest absolute Gasteiger partial charge is 0.268 e. The Kier molecular flexibility index (Phi) is 2.67. The van der Waals surface area contributed by atoms with Gasteiger partial charge in [0, 0.05) is 11.0 Å². The van der Waals surface area contributed by atoms with Crippen LogP contribution in [-0.2, 0) is 14.8 Å². The van der Waals surface area contributed by atoms with Gasteiger partial charge in [-0.15, -0.1) is 11.3 Å². The lowest BCUT2D eigenvalue weighted by Crippen LogP contribution is -2.45. The van der Waals surface area contributed by atoms with E-state index >= 15 is 0 Å². The standard InChI is InChI=1S/C11H13NO3S2/c1-11(2,3)12-10(13)7-9(17(12,14)15)8-5-4-6-16-8/h4-7H,1-3H3. The molecule has 0 spiro atoms. The summed E-state index contributed by atoms with van der Waals surface area (Å²) in [5.74, 6) is -0.471. The van der Waals surface area contributed by atoms with Crippen molar-refractivity contribution < 1.29 is 13.2 Å². The molecule has 0 bridgehead atoms. The molecule has 0 fully saturated rings. The van der Waals surface area contributed by atoms with Gasteiger partial charge in [0.15, 0.2) is 0 Å². The molecule has 1 aromatic heterocycles. The Labute approximate surface area is 105 Å². The van der Waals surface area contributed by atoms with Crippen LogP contribution >= 0.6 is 11.3 Å². The molecule has 0 aromatic carbocycles. The molecule has 6 heteroatoms. The highest BCUT2D eigenvalue weighted by molar-refractivity contribution is 7.99. The Hall–Kier alpha value is -1.14. The summed E-state index contributed by atoms with van der Waals surface area (Å²) in [6, 6.07) is 3.47. The van der Waals surface area contributed by atoms with Crippen molar-refractivity contribution in [3.8, 4) is 0 Å². The third-order valence-corrected chi connectivity index (χ3v) is 5.48. The van der Waals surface area contributed by atoms with E-state index in [1.807, 2.05) is 0 Å². The van der Waals surface area contributed by atoms with Crippen LogP contribution in [0.5, 0.6) is 0 Å². The molecule has 0 unspecified atom stereocenters. The van der Waals surface area contributed by atoms with Crippen molar-refractivity contribution in [3.05, 3.63) is 28.5 Å². The summed E-state index contributed by atoms with van der Waals surface area (Å²) in [7, 11) is -3.70. The minimum atomic E-state index is -3.70. The first-order valence-corrected chi connectivity index (χ1v) is 7.41. The lowest BCUT2D eigenvalue weighted by molar-refractivity contribution is -0.123. The molecule has 0 saturated heterocycles. The summed E-state index contributed by atoms with van der Waals surface area (Å²) in [5.41, 5.74) is -0.745. The minimum absolute atomic E-state index is 0.104. The number of nitrogens with zero attached hydrogens (tertiary/aromatic N) is 1. The van der Waals surface area contributed by atoms with Gasteiger partial charge in [0.2, 0.25) is 0 Å². The first-order chi connectivity index (χ1) is 7.74. The molecule has 4 nitrogen and oxygen atoms in total. The van der Waals surface area contributed by atoms with Gasteiger partial charge in [-0.1, -0.05) is 6.07 Å². The molecule has 0 aliphatic carbocycles. The molecular weight excluding hydrogens is 258 g/mol. The topological polar surface area (TPSA) is 54.5 Å². The van der Waals surface area contributed by atoms with Crippen LogP contribution in [0.25, 0.3) is 4.91 Å². The quantitative estimate of drug-likeness (QED) is 0.785. The van der Waals surface area contributed by atoms with E-state index in [1.165, 1.54) is 17.4 Å². The van der Waals surface area contributed by atoms with Gasteiger partial charge in [-0.2, -0.15) is 0 Å². The van der Waals surface area contributed by atoms with Crippen LogP contribution in [0.3, 0.4) is 0 Å². The second-order valence-corrected chi connectivity index (χ2v) is 7.47. The van der Waals surface area contributed by atoms with Crippen molar-refractivity contribution in [3.63, 3.8) is 0 Å². The largest absolute Gasteiger partial charge is 0.269 e. The molecule has 0 saturated carbocycles. The highest BCUT2D eigenvalue weighted by atomic mass is 32.2. The second-order valence-electron chi connectivity index (χ2n) is 4.76. The van der Waals surface area contributed by atoms with Gasteiger partial charge < -0.3 is 0 Å². The zero-order valence-electron chi connectivity index (χ0n) is 9.80. The van der Waals surface area contributed by atoms with E-state index in [9.17, 15) is 13.2 Å². The van der Waals surface area contributed by atoms with Crippen molar-refractivity contribution in [1.29, 1.82) is 0 Å². The monoisotopic (exact) mass is 271 g/mol. The van der Waals surface area contributed by atoms with Crippen LogP contribution in [0.1, 0.15) is 25.6 Å². The Morgan fingerprint density at radius 3 is 2.35 bits per heavy atom. The van der Waals surface area contributed by atoms with Gasteiger partial charge in [-0.05, 0) is 32.2 Å². The summed E-state index contributed by atoms with van der Waals surface area (Å²) < 4.78 is 25.5. The average Bonchev–Trinajstić information content (AvgIpc) is 2.68. The van der Waals surface area contributed by atoms with Gasteiger partial charge in [0.25, 0.3) is 15.9 Å². The van der Waals surface area contributed by atoms with Crippen LogP contribution in [0.15, 0.2) is 23.6 Å². The number of amides is 1. The first-order valence-electron chi connectivity index (χ1n) is 5.09. The number of sulfonamides is 1. The summed E-state index contributed by atoms with van der Waals surface area (Å²) >= 11 is 1.31. The van der Waals surface area contributed by atoms with Crippen molar-refractivity contribution in [1.82, 2.24) is 4.31 Å². The Balaban J connectivity index is 2.55. The zero-order chi connectivity index (χ0) is 12.8. The second kappa shape index (κ2) is 3.68. The number of rotatable bonds is 1. The molecule has 1 amide bonds. The lowest BCUT2D eigenvalue weighted by atomic mass is 10.1. The summed E-state index contributed by atoms with van der Waals surface area (Å²) in [6.07, 6.45) is 1.20. The fraction of sp³-hybridized carbons (Fsp3) is 0.364. The first kappa shape index (κ1) is 12.3. The maximum Gasteiger partial charge on any atom is 0.268 e. The van der Waals surface area contributed by atoms with Gasteiger partial charge >= 0.3 is 0 Å². The molecule has 1 aliphatic heterocycles. The van der Waals surface area contributed by atoms with E-state index in [0.717, 1.165) is 4.31 Å². The molecule has 2 heterocycles. The average molecular weight is 271 g/mol. The van der Waals surface area contributed by atoms with Gasteiger partial charge in [-0.3, -0.25) is 4.79 Å². The van der Waals surface area contributed by atoms with E-state index in [-0.39, 0.29) is 4.91 Å². The van der Waals surface area contributed by atoms with Crippen molar-refractivity contribution in [2.45, 2.75) is 26.3 Å². The van der Waals surface area contributed by atoms with Crippen LogP contribution < -0.4 is 0 Å². The molecule has 0 N–H and O–H groups in total. The maximum absolute atomic E-state index is 12.3. The van der Waals surface area contributed by atoms with E-state index in [0.29, 0.717) is 4.88 Å². The van der Waals surface area contributed by atoms with Crippen molar-refractivity contribution in [2.75, 3.05) is 0 Å². The Morgan fingerprint density at radius 1 is 1.29 bits per heavy atom. The fourth-order valence-corrected chi connectivity index (χ4v) is 4.65. The van der Waals surface area contributed by atoms with E-state index in [2.05, 4.69) is 0 Å². The Morgan fingerprint density at radius 2 is 1.94 bits per heavy atom. The van der Waals surface area contributed by atoms with Crippen LogP contribution in [0.4, 0.5) is 0 Å². The lowest BCUT2D eigenvalue weighted by Gasteiger charge is -2.30. The zero-order valence-corrected chi connectivity index (χ0v) is 11.4.